The van der Waals surface area contributed by atoms with Gasteiger partial charge in [-0.15, -0.1) is 0 Å². The molecule has 0 atom stereocenters. The van der Waals surface area contributed by atoms with Gasteiger partial charge in [0.25, 0.3) is 5.91 Å². The average Bonchev–Trinajstić information content (AvgIpc) is 2.53. The lowest BCUT2D eigenvalue weighted by Gasteiger charge is -2.10. The lowest BCUT2D eigenvalue weighted by atomic mass is 10.1. The normalized spacial score (nSPS) is 10.3. The minimum absolute atomic E-state index is 0.00444. The summed E-state index contributed by atoms with van der Waals surface area (Å²) in [5.74, 6) is -0.255. The van der Waals surface area contributed by atoms with Crippen LogP contribution in [-0.2, 0) is 11.3 Å². The van der Waals surface area contributed by atoms with Crippen molar-refractivity contribution in [1.82, 2.24) is 10.3 Å². The van der Waals surface area contributed by atoms with Gasteiger partial charge in [0, 0.05) is 30.5 Å². The predicted octanol–water partition coefficient (Wildman–Crippen LogP) is 2.61. The Morgan fingerprint density at radius 3 is 2.68 bits per heavy atom. The van der Waals surface area contributed by atoms with E-state index in [1.165, 1.54) is 6.20 Å². The third kappa shape index (κ3) is 4.41. The zero-order valence-electron chi connectivity index (χ0n) is 12.7. The van der Waals surface area contributed by atoms with Gasteiger partial charge in [-0.1, -0.05) is 26.0 Å². The second kappa shape index (κ2) is 7.36. The summed E-state index contributed by atoms with van der Waals surface area (Å²) < 4.78 is 0. The summed E-state index contributed by atoms with van der Waals surface area (Å²) in [6.45, 7) is 4.13. The monoisotopic (exact) mass is 297 g/mol. The molecule has 1 aromatic heterocycles. The molecular formula is C17H19N3O2. The first-order valence-corrected chi connectivity index (χ1v) is 7.14. The molecular weight excluding hydrogens is 278 g/mol. The van der Waals surface area contributed by atoms with Crippen molar-refractivity contribution in [3.05, 3.63) is 59.9 Å². The largest absolute Gasteiger partial charge is 0.352 e. The van der Waals surface area contributed by atoms with Gasteiger partial charge < -0.3 is 10.6 Å². The van der Waals surface area contributed by atoms with Crippen LogP contribution in [0.2, 0.25) is 0 Å². The van der Waals surface area contributed by atoms with Gasteiger partial charge in [0.05, 0.1) is 5.56 Å². The van der Waals surface area contributed by atoms with Gasteiger partial charge in [-0.3, -0.25) is 14.6 Å². The molecule has 0 aliphatic heterocycles. The molecule has 0 radical (unpaired) electrons. The van der Waals surface area contributed by atoms with Crippen LogP contribution in [0.4, 0.5) is 5.69 Å². The van der Waals surface area contributed by atoms with Gasteiger partial charge in [0.2, 0.25) is 5.91 Å². The minimum Gasteiger partial charge on any atom is -0.352 e. The van der Waals surface area contributed by atoms with Crippen molar-refractivity contribution in [3.8, 4) is 0 Å². The smallest absolute Gasteiger partial charge is 0.257 e. The first-order valence-electron chi connectivity index (χ1n) is 7.14. The highest BCUT2D eigenvalue weighted by Crippen LogP contribution is 2.12. The van der Waals surface area contributed by atoms with E-state index in [-0.39, 0.29) is 17.7 Å². The lowest BCUT2D eigenvalue weighted by Crippen LogP contribution is -2.27. The van der Waals surface area contributed by atoms with Gasteiger partial charge in [0.15, 0.2) is 0 Å². The van der Waals surface area contributed by atoms with E-state index in [4.69, 9.17) is 0 Å². The number of rotatable bonds is 5. The number of hydrogen-bond acceptors (Lipinski definition) is 3. The predicted molar refractivity (Wildman–Crippen MR) is 85.3 cm³/mol. The first kappa shape index (κ1) is 15.7. The molecule has 22 heavy (non-hydrogen) atoms. The number of pyridine rings is 1. The Morgan fingerprint density at radius 1 is 1.18 bits per heavy atom. The van der Waals surface area contributed by atoms with E-state index in [1.807, 2.05) is 38.1 Å². The van der Waals surface area contributed by atoms with Crippen LogP contribution in [0.5, 0.6) is 0 Å². The van der Waals surface area contributed by atoms with Gasteiger partial charge in [-0.05, 0) is 29.8 Å². The molecule has 1 aromatic carbocycles. The summed E-state index contributed by atoms with van der Waals surface area (Å²) in [6.07, 6.45) is 3.14. The number of aromatic nitrogens is 1. The SMILES string of the molecule is CC(C)C(=O)NCc1cccc(NC(=O)c2cccnc2)c1. The maximum Gasteiger partial charge on any atom is 0.257 e. The van der Waals surface area contributed by atoms with Gasteiger partial charge in [-0.2, -0.15) is 0 Å². The number of nitrogens with one attached hydrogen (secondary N) is 2. The fourth-order valence-corrected chi connectivity index (χ4v) is 1.85. The molecule has 5 nitrogen and oxygen atoms in total. The van der Waals surface area contributed by atoms with E-state index in [9.17, 15) is 9.59 Å². The second-order valence-electron chi connectivity index (χ2n) is 5.27. The number of nitrogens with zero attached hydrogens (tertiary/aromatic N) is 1. The summed E-state index contributed by atoms with van der Waals surface area (Å²) in [5.41, 5.74) is 2.11. The Bertz CT molecular complexity index is 654. The zero-order chi connectivity index (χ0) is 15.9. The van der Waals surface area contributed by atoms with Crippen molar-refractivity contribution in [2.75, 3.05) is 5.32 Å². The molecule has 5 heteroatoms. The van der Waals surface area contributed by atoms with Gasteiger partial charge in [-0.25, -0.2) is 0 Å². The summed E-state index contributed by atoms with van der Waals surface area (Å²) in [6, 6.07) is 10.8. The van der Waals surface area contributed by atoms with Crippen molar-refractivity contribution in [3.63, 3.8) is 0 Å². The zero-order valence-corrected chi connectivity index (χ0v) is 12.7. The van der Waals surface area contributed by atoms with Crippen molar-refractivity contribution in [1.29, 1.82) is 0 Å². The summed E-state index contributed by atoms with van der Waals surface area (Å²) in [7, 11) is 0. The van der Waals surface area contributed by atoms with Crippen LogP contribution in [0.25, 0.3) is 0 Å². The van der Waals surface area contributed by atoms with Crippen LogP contribution >= 0.6 is 0 Å². The average molecular weight is 297 g/mol. The third-order valence-electron chi connectivity index (χ3n) is 3.10. The maximum absolute atomic E-state index is 12.1. The highest BCUT2D eigenvalue weighted by atomic mass is 16.2. The molecule has 114 valence electrons. The van der Waals surface area contributed by atoms with Gasteiger partial charge >= 0.3 is 0 Å². The Balaban J connectivity index is 1.99. The van der Waals surface area contributed by atoms with Crippen LogP contribution in [0.15, 0.2) is 48.8 Å². The molecule has 0 unspecified atom stereocenters. The lowest BCUT2D eigenvalue weighted by molar-refractivity contribution is -0.124. The summed E-state index contributed by atoms with van der Waals surface area (Å²) >= 11 is 0. The van der Waals surface area contributed by atoms with E-state index in [2.05, 4.69) is 15.6 Å². The molecule has 0 spiro atoms. The minimum atomic E-state index is -0.212. The van der Waals surface area contributed by atoms with Gasteiger partial charge in [0.1, 0.15) is 0 Å². The van der Waals surface area contributed by atoms with E-state index in [1.54, 1.807) is 18.3 Å². The molecule has 2 aromatic rings. The molecule has 2 N–H and O–H groups in total. The summed E-state index contributed by atoms with van der Waals surface area (Å²) in [4.78, 5) is 27.6. The third-order valence-corrected chi connectivity index (χ3v) is 3.10. The first-order chi connectivity index (χ1) is 10.6. The Hall–Kier alpha value is -2.69. The molecule has 0 bridgehead atoms. The van der Waals surface area contributed by atoms with Crippen LogP contribution in [0.1, 0.15) is 29.8 Å². The number of carbonyl (C=O) groups is 2. The van der Waals surface area contributed by atoms with Crippen LogP contribution < -0.4 is 10.6 Å². The number of benzene rings is 1. The maximum atomic E-state index is 12.1. The standard InChI is InChI=1S/C17H19N3O2/c1-12(2)16(21)19-10-13-5-3-7-15(9-13)20-17(22)14-6-4-8-18-11-14/h3-9,11-12H,10H2,1-2H3,(H,19,21)(H,20,22). The van der Waals surface area contributed by atoms with Crippen molar-refractivity contribution >= 4 is 17.5 Å². The highest BCUT2D eigenvalue weighted by Gasteiger charge is 2.08. The quantitative estimate of drug-likeness (QED) is 0.891. The van der Waals surface area contributed by atoms with Crippen molar-refractivity contribution < 1.29 is 9.59 Å². The Kier molecular flexibility index (Phi) is 5.25. The molecule has 0 fully saturated rings. The number of amides is 2. The van der Waals surface area contributed by atoms with E-state index >= 15 is 0 Å². The molecule has 2 rings (SSSR count). The molecule has 0 aliphatic carbocycles. The Morgan fingerprint density at radius 2 is 2.00 bits per heavy atom. The highest BCUT2D eigenvalue weighted by molar-refractivity contribution is 6.04. The van der Waals surface area contributed by atoms with Crippen molar-refractivity contribution in [2.45, 2.75) is 20.4 Å². The molecule has 0 aliphatic rings. The Labute approximate surface area is 129 Å². The number of anilines is 1. The molecule has 2 amide bonds. The molecule has 1 heterocycles. The molecule has 0 saturated heterocycles. The van der Waals surface area contributed by atoms with Crippen LogP contribution in [-0.4, -0.2) is 16.8 Å². The summed E-state index contributed by atoms with van der Waals surface area (Å²) in [5, 5.41) is 5.67. The fourth-order valence-electron chi connectivity index (χ4n) is 1.85. The fraction of sp³-hybridized carbons (Fsp3) is 0.235. The van der Waals surface area contributed by atoms with Crippen molar-refractivity contribution in [2.24, 2.45) is 5.92 Å². The topological polar surface area (TPSA) is 71.1 Å². The van der Waals surface area contributed by atoms with E-state index < -0.39 is 0 Å². The van der Waals surface area contributed by atoms with E-state index in [0.29, 0.717) is 17.8 Å². The molecule has 0 saturated carbocycles. The van der Waals surface area contributed by atoms with Crippen LogP contribution in [0, 0.1) is 5.92 Å². The second-order valence-corrected chi connectivity index (χ2v) is 5.27. The van der Waals surface area contributed by atoms with E-state index in [0.717, 1.165) is 5.56 Å². The number of carbonyl (C=O) groups excluding carboxylic acids is 2. The number of hydrogen-bond donors (Lipinski definition) is 2. The van der Waals surface area contributed by atoms with Crippen LogP contribution in [0.3, 0.4) is 0 Å².